The second-order valence-electron chi connectivity index (χ2n) is 9.98. The first kappa shape index (κ1) is 26.1. The Labute approximate surface area is 216 Å². The van der Waals surface area contributed by atoms with E-state index in [2.05, 4.69) is 10.3 Å². The molecule has 0 spiro atoms. The lowest BCUT2D eigenvalue weighted by molar-refractivity contribution is -0.130. The summed E-state index contributed by atoms with van der Waals surface area (Å²) in [4.78, 5) is 41.7. The van der Waals surface area contributed by atoms with E-state index in [1.807, 2.05) is 38.8 Å². The van der Waals surface area contributed by atoms with Gasteiger partial charge in [0.1, 0.15) is 12.7 Å². The Morgan fingerprint density at radius 1 is 1.14 bits per heavy atom. The van der Waals surface area contributed by atoms with Crippen molar-refractivity contribution in [3.8, 4) is 11.5 Å². The van der Waals surface area contributed by atoms with Crippen molar-refractivity contribution in [1.29, 1.82) is 0 Å². The fourth-order valence-electron chi connectivity index (χ4n) is 5.28. The average Bonchev–Trinajstić information content (AvgIpc) is 2.84. The molecule has 1 aliphatic heterocycles. The van der Waals surface area contributed by atoms with Crippen LogP contribution in [0.3, 0.4) is 0 Å². The van der Waals surface area contributed by atoms with Crippen molar-refractivity contribution in [3.63, 3.8) is 0 Å². The number of ether oxygens (including phenoxy) is 2. The van der Waals surface area contributed by atoms with Crippen LogP contribution >= 0.6 is 11.6 Å². The van der Waals surface area contributed by atoms with E-state index >= 15 is 0 Å². The molecule has 1 aromatic carbocycles. The van der Waals surface area contributed by atoms with Crippen molar-refractivity contribution >= 4 is 23.4 Å². The van der Waals surface area contributed by atoms with Crippen LogP contribution in [-0.4, -0.2) is 47.5 Å². The molecule has 194 valence electrons. The first-order valence-electron chi connectivity index (χ1n) is 12.4. The molecule has 2 aliphatic rings. The van der Waals surface area contributed by atoms with Gasteiger partial charge in [0.05, 0.1) is 5.02 Å². The van der Waals surface area contributed by atoms with Gasteiger partial charge in [0, 0.05) is 48.9 Å². The minimum absolute atomic E-state index is 0.0860. The maximum Gasteiger partial charge on any atom is 0.253 e. The number of hydrogen-bond donors (Lipinski definition) is 2. The number of fused-ring (bicyclic) bond motifs is 1. The summed E-state index contributed by atoms with van der Waals surface area (Å²) in [5, 5.41) is 3.16. The Kier molecular flexibility index (Phi) is 7.64. The Morgan fingerprint density at radius 3 is 2.47 bits per heavy atom. The third-order valence-electron chi connectivity index (χ3n) is 7.58. The molecule has 2 aromatic rings. The summed E-state index contributed by atoms with van der Waals surface area (Å²) in [5.74, 6) is 0.994. The summed E-state index contributed by atoms with van der Waals surface area (Å²) < 4.78 is 12.4. The summed E-state index contributed by atoms with van der Waals surface area (Å²) in [7, 11) is 1.86. The molecule has 1 aliphatic carbocycles. The van der Waals surface area contributed by atoms with Crippen LogP contribution in [0.2, 0.25) is 5.02 Å². The number of pyridine rings is 1. The van der Waals surface area contributed by atoms with Crippen molar-refractivity contribution in [2.45, 2.75) is 72.1 Å². The van der Waals surface area contributed by atoms with Crippen LogP contribution in [-0.2, 0) is 11.3 Å². The van der Waals surface area contributed by atoms with Crippen molar-refractivity contribution in [2.75, 3.05) is 13.7 Å². The number of H-pyrrole nitrogens is 1. The second kappa shape index (κ2) is 10.5. The van der Waals surface area contributed by atoms with E-state index in [-0.39, 0.29) is 36.1 Å². The van der Waals surface area contributed by atoms with Crippen LogP contribution in [0.4, 0.5) is 0 Å². The second-order valence-corrected chi connectivity index (χ2v) is 10.4. The summed E-state index contributed by atoms with van der Waals surface area (Å²) >= 11 is 6.49. The van der Waals surface area contributed by atoms with Crippen LogP contribution in [0.1, 0.15) is 65.3 Å². The highest BCUT2D eigenvalue weighted by molar-refractivity contribution is 6.32. The van der Waals surface area contributed by atoms with E-state index in [0.29, 0.717) is 45.7 Å². The van der Waals surface area contributed by atoms with E-state index in [1.54, 1.807) is 13.0 Å². The lowest BCUT2D eigenvalue weighted by Gasteiger charge is -2.39. The highest BCUT2D eigenvalue weighted by Gasteiger charge is 2.36. The molecular weight excluding hydrogens is 482 g/mol. The molecule has 2 amide bonds. The van der Waals surface area contributed by atoms with Gasteiger partial charge in [-0.3, -0.25) is 14.4 Å². The molecule has 1 saturated carbocycles. The fourth-order valence-corrected chi connectivity index (χ4v) is 5.53. The third kappa shape index (κ3) is 5.24. The van der Waals surface area contributed by atoms with Crippen LogP contribution in [0.25, 0.3) is 0 Å². The van der Waals surface area contributed by atoms with Crippen molar-refractivity contribution in [2.24, 2.45) is 5.92 Å². The van der Waals surface area contributed by atoms with E-state index in [0.717, 1.165) is 36.9 Å². The number of hydrogen-bond acceptors (Lipinski definition) is 5. The molecule has 0 saturated heterocycles. The third-order valence-corrected chi connectivity index (χ3v) is 7.86. The zero-order chi connectivity index (χ0) is 26.1. The summed E-state index contributed by atoms with van der Waals surface area (Å²) in [6.07, 6.45) is 3.56. The highest BCUT2D eigenvalue weighted by atomic mass is 35.5. The van der Waals surface area contributed by atoms with Gasteiger partial charge in [-0.05, 0) is 70.1 Å². The molecule has 0 bridgehead atoms. The quantitative estimate of drug-likeness (QED) is 0.625. The number of nitrogens with one attached hydrogen (secondary N) is 2. The molecule has 9 heteroatoms. The van der Waals surface area contributed by atoms with Gasteiger partial charge in [0.2, 0.25) is 5.91 Å². The van der Waals surface area contributed by atoms with Gasteiger partial charge in [-0.1, -0.05) is 11.6 Å². The number of rotatable bonds is 5. The SMILES string of the molecule is CC(=O)N(C)C1CCC(C2COc3c(Cl)cc(C(=O)NCc4c(C)cc(C)[nH]c4=O)c(C)c3O2)CC1. The Bertz CT molecular complexity index is 1230. The molecule has 8 nitrogen and oxygen atoms in total. The number of benzene rings is 1. The van der Waals surface area contributed by atoms with Gasteiger partial charge >= 0.3 is 0 Å². The first-order valence-corrected chi connectivity index (χ1v) is 12.8. The Morgan fingerprint density at radius 2 is 1.83 bits per heavy atom. The number of carbonyl (C=O) groups is 2. The molecule has 36 heavy (non-hydrogen) atoms. The van der Waals surface area contributed by atoms with Gasteiger partial charge in [0.25, 0.3) is 11.5 Å². The minimum Gasteiger partial charge on any atom is -0.484 e. The summed E-state index contributed by atoms with van der Waals surface area (Å²) in [6.45, 7) is 7.58. The van der Waals surface area contributed by atoms with Crippen LogP contribution in [0.15, 0.2) is 16.9 Å². The van der Waals surface area contributed by atoms with Gasteiger partial charge in [-0.15, -0.1) is 0 Å². The van der Waals surface area contributed by atoms with Crippen molar-refractivity contribution in [3.05, 3.63) is 55.5 Å². The number of halogens is 1. The maximum atomic E-state index is 13.1. The van der Waals surface area contributed by atoms with E-state index in [1.165, 1.54) is 0 Å². The Hall–Kier alpha value is -3.00. The molecule has 2 N–H and O–H groups in total. The number of aromatic nitrogens is 1. The zero-order valence-corrected chi connectivity index (χ0v) is 22.3. The van der Waals surface area contributed by atoms with E-state index < -0.39 is 0 Å². The largest absolute Gasteiger partial charge is 0.484 e. The number of carbonyl (C=O) groups excluding carboxylic acids is 2. The van der Waals surface area contributed by atoms with Crippen LogP contribution in [0.5, 0.6) is 11.5 Å². The molecule has 1 atom stereocenters. The number of amides is 2. The molecule has 1 aromatic heterocycles. The number of nitrogens with zero attached hydrogens (tertiary/aromatic N) is 1. The minimum atomic E-state index is -0.338. The smallest absolute Gasteiger partial charge is 0.253 e. The van der Waals surface area contributed by atoms with Crippen molar-refractivity contribution in [1.82, 2.24) is 15.2 Å². The van der Waals surface area contributed by atoms with Gasteiger partial charge < -0.3 is 24.7 Å². The zero-order valence-electron chi connectivity index (χ0n) is 21.5. The first-order chi connectivity index (χ1) is 17.1. The topological polar surface area (TPSA) is 101 Å². The predicted molar refractivity (Wildman–Crippen MR) is 138 cm³/mol. The average molecular weight is 516 g/mol. The highest BCUT2D eigenvalue weighted by Crippen LogP contribution is 2.45. The predicted octanol–water partition coefficient (Wildman–Crippen LogP) is 4.06. The van der Waals surface area contributed by atoms with E-state index in [9.17, 15) is 14.4 Å². The lowest BCUT2D eigenvalue weighted by atomic mass is 9.82. The van der Waals surface area contributed by atoms with E-state index in [4.69, 9.17) is 21.1 Å². The summed E-state index contributed by atoms with van der Waals surface area (Å²) in [5.41, 5.74) is 2.93. The standard InChI is InChI=1S/C27H34ClN3O5/c1-14-10-15(2)30-27(34)21(14)12-29-26(33)20-11-22(28)25-24(16(20)3)36-23(13-35-25)18-6-8-19(9-7-18)31(5)17(4)32/h10-11,18-19,23H,6-9,12-13H2,1-5H3,(H,29,33)(H,30,34). The van der Waals surface area contributed by atoms with Crippen LogP contribution < -0.4 is 20.3 Å². The molecular formula is C27H34ClN3O5. The molecule has 4 rings (SSSR count). The lowest BCUT2D eigenvalue weighted by Crippen LogP contribution is -2.43. The summed E-state index contributed by atoms with van der Waals surface area (Å²) in [6, 6.07) is 3.72. The maximum absolute atomic E-state index is 13.1. The molecule has 2 heterocycles. The number of aryl methyl sites for hydroxylation is 2. The van der Waals surface area contributed by atoms with Gasteiger partial charge in [-0.25, -0.2) is 0 Å². The van der Waals surface area contributed by atoms with Crippen LogP contribution in [0, 0.1) is 26.7 Å². The fraction of sp³-hybridized carbons (Fsp3) is 0.519. The number of aromatic amines is 1. The Balaban J connectivity index is 1.47. The molecule has 1 unspecified atom stereocenters. The molecule has 1 fully saturated rings. The molecule has 0 radical (unpaired) electrons. The van der Waals surface area contributed by atoms with Crippen molar-refractivity contribution < 1.29 is 19.1 Å². The van der Waals surface area contributed by atoms with Gasteiger partial charge in [-0.2, -0.15) is 0 Å². The monoisotopic (exact) mass is 515 g/mol. The van der Waals surface area contributed by atoms with Gasteiger partial charge in [0.15, 0.2) is 11.5 Å². The normalized spacial score (nSPS) is 21.1.